The number of nitrogens with one attached hydrogen (secondary N) is 1. The molecule has 0 aromatic heterocycles. The van der Waals surface area contributed by atoms with E-state index in [4.69, 9.17) is 4.74 Å². The largest absolute Gasteiger partial charge is 0.495 e. The van der Waals surface area contributed by atoms with E-state index in [1.807, 2.05) is 0 Å². The van der Waals surface area contributed by atoms with Gasteiger partial charge in [-0.2, -0.15) is 0 Å². The number of nitrogens with zero attached hydrogens (tertiary/aromatic N) is 1. The van der Waals surface area contributed by atoms with Gasteiger partial charge in [-0.3, -0.25) is 14.8 Å². The van der Waals surface area contributed by atoms with Gasteiger partial charge < -0.3 is 4.74 Å². The zero-order chi connectivity index (χ0) is 15.5. The number of non-ortho nitro benzene ring substituents is 1. The smallest absolute Gasteiger partial charge is 0.271 e. The molecule has 0 amide bonds. The first-order valence-corrected chi connectivity index (χ1v) is 7.32. The maximum Gasteiger partial charge on any atom is 0.271 e. The highest BCUT2D eigenvalue weighted by molar-refractivity contribution is 7.92. The van der Waals surface area contributed by atoms with Crippen LogP contribution in [0.4, 0.5) is 11.4 Å². The standard InChI is InChI=1S/C13H12N2O5S/c1-20-12-7-2-3-8-13(12)21(18,19)14-10-5-4-6-11(9-10)15(16)17/h2-9,14H,1H3. The fourth-order valence-electron chi connectivity index (χ4n) is 1.73. The van der Waals surface area contributed by atoms with Crippen molar-refractivity contribution in [3.8, 4) is 5.75 Å². The van der Waals surface area contributed by atoms with Crippen LogP contribution < -0.4 is 9.46 Å². The molecule has 0 saturated heterocycles. The molecule has 0 saturated carbocycles. The van der Waals surface area contributed by atoms with Crippen molar-refractivity contribution in [2.45, 2.75) is 4.90 Å². The second-order valence-corrected chi connectivity index (χ2v) is 5.71. The Bertz CT molecular complexity index is 774. The van der Waals surface area contributed by atoms with E-state index >= 15 is 0 Å². The van der Waals surface area contributed by atoms with Crippen molar-refractivity contribution in [3.05, 3.63) is 58.6 Å². The van der Waals surface area contributed by atoms with E-state index in [-0.39, 0.29) is 22.0 Å². The number of benzene rings is 2. The fraction of sp³-hybridized carbons (Fsp3) is 0.0769. The Kier molecular flexibility index (Phi) is 4.08. The molecule has 110 valence electrons. The molecule has 0 fully saturated rings. The van der Waals surface area contributed by atoms with Crippen LogP contribution in [0.5, 0.6) is 5.75 Å². The molecule has 8 heteroatoms. The molecule has 0 bridgehead atoms. The quantitative estimate of drug-likeness (QED) is 0.675. The third-order valence-corrected chi connectivity index (χ3v) is 4.09. The molecule has 0 unspecified atom stereocenters. The van der Waals surface area contributed by atoms with Gasteiger partial charge in [0, 0.05) is 12.1 Å². The summed E-state index contributed by atoms with van der Waals surface area (Å²) < 4.78 is 31.9. The molecular formula is C13H12N2O5S. The van der Waals surface area contributed by atoms with Crippen LogP contribution in [0.2, 0.25) is 0 Å². The van der Waals surface area contributed by atoms with E-state index in [1.54, 1.807) is 12.1 Å². The summed E-state index contributed by atoms with van der Waals surface area (Å²) in [6, 6.07) is 11.4. The molecule has 21 heavy (non-hydrogen) atoms. The number of hydrogen-bond acceptors (Lipinski definition) is 5. The van der Waals surface area contributed by atoms with E-state index in [2.05, 4.69) is 4.72 Å². The molecule has 2 rings (SSSR count). The minimum atomic E-state index is -3.90. The van der Waals surface area contributed by atoms with Gasteiger partial charge in [-0.15, -0.1) is 0 Å². The predicted octanol–water partition coefficient (Wildman–Crippen LogP) is 2.40. The van der Waals surface area contributed by atoms with Crippen molar-refractivity contribution in [2.24, 2.45) is 0 Å². The van der Waals surface area contributed by atoms with Crippen LogP contribution in [0.25, 0.3) is 0 Å². The van der Waals surface area contributed by atoms with Crippen LogP contribution in [0.15, 0.2) is 53.4 Å². The van der Waals surface area contributed by atoms with Crippen molar-refractivity contribution in [3.63, 3.8) is 0 Å². The summed E-state index contributed by atoms with van der Waals surface area (Å²) in [5.41, 5.74) is -0.0923. The van der Waals surface area contributed by atoms with Crippen LogP contribution >= 0.6 is 0 Å². The highest BCUT2D eigenvalue weighted by atomic mass is 32.2. The lowest BCUT2D eigenvalue weighted by Gasteiger charge is -2.11. The molecule has 7 nitrogen and oxygen atoms in total. The number of sulfonamides is 1. The number of rotatable bonds is 5. The van der Waals surface area contributed by atoms with Crippen LogP contribution in [-0.4, -0.2) is 20.5 Å². The lowest BCUT2D eigenvalue weighted by Crippen LogP contribution is -2.14. The number of anilines is 1. The zero-order valence-corrected chi connectivity index (χ0v) is 11.8. The van der Waals surface area contributed by atoms with E-state index < -0.39 is 14.9 Å². The maximum atomic E-state index is 12.3. The predicted molar refractivity (Wildman–Crippen MR) is 76.9 cm³/mol. The Balaban J connectivity index is 2.38. The van der Waals surface area contributed by atoms with Gasteiger partial charge in [-0.1, -0.05) is 18.2 Å². The summed E-state index contributed by atoms with van der Waals surface area (Å²) in [6.45, 7) is 0. The number of methoxy groups -OCH3 is 1. The monoisotopic (exact) mass is 308 g/mol. The molecule has 1 N–H and O–H groups in total. The summed E-state index contributed by atoms with van der Waals surface area (Å²) in [5.74, 6) is 0.190. The Morgan fingerprint density at radius 3 is 2.52 bits per heavy atom. The third kappa shape index (κ3) is 3.29. The second-order valence-electron chi connectivity index (χ2n) is 4.06. The molecule has 0 atom stereocenters. The Labute approximate surface area is 121 Å². The fourth-order valence-corrected chi connectivity index (χ4v) is 2.96. The van der Waals surface area contributed by atoms with Gasteiger partial charge >= 0.3 is 0 Å². The summed E-state index contributed by atoms with van der Waals surface area (Å²) in [6.07, 6.45) is 0. The summed E-state index contributed by atoms with van der Waals surface area (Å²) >= 11 is 0. The van der Waals surface area contributed by atoms with Gasteiger partial charge in [0.1, 0.15) is 10.6 Å². The zero-order valence-electron chi connectivity index (χ0n) is 11.0. The normalized spacial score (nSPS) is 10.9. The number of ether oxygens (including phenoxy) is 1. The molecular weight excluding hydrogens is 296 g/mol. The van der Waals surface area contributed by atoms with Crippen molar-refractivity contribution in [1.82, 2.24) is 0 Å². The van der Waals surface area contributed by atoms with Gasteiger partial charge in [0.15, 0.2) is 0 Å². The lowest BCUT2D eigenvalue weighted by atomic mass is 10.3. The highest BCUT2D eigenvalue weighted by Gasteiger charge is 2.19. The topological polar surface area (TPSA) is 98.5 Å². The molecule has 2 aromatic carbocycles. The minimum absolute atomic E-state index is 0.0426. The van der Waals surface area contributed by atoms with Crippen LogP contribution in [0.1, 0.15) is 0 Å². The lowest BCUT2D eigenvalue weighted by molar-refractivity contribution is -0.384. The Morgan fingerprint density at radius 1 is 1.14 bits per heavy atom. The number of para-hydroxylation sites is 1. The Hall–Kier alpha value is -2.61. The van der Waals surface area contributed by atoms with Crippen molar-refractivity contribution in [1.29, 1.82) is 0 Å². The van der Waals surface area contributed by atoms with Gasteiger partial charge in [-0.25, -0.2) is 8.42 Å². The maximum absolute atomic E-state index is 12.3. The highest BCUT2D eigenvalue weighted by Crippen LogP contribution is 2.26. The minimum Gasteiger partial charge on any atom is -0.495 e. The van der Waals surface area contributed by atoms with Gasteiger partial charge in [0.2, 0.25) is 0 Å². The average Bonchev–Trinajstić information content (AvgIpc) is 2.47. The molecule has 0 aliphatic heterocycles. The van der Waals surface area contributed by atoms with Gasteiger partial charge in [0.05, 0.1) is 17.7 Å². The summed E-state index contributed by atoms with van der Waals surface area (Å²) in [4.78, 5) is 10.1. The summed E-state index contributed by atoms with van der Waals surface area (Å²) in [5, 5.41) is 10.7. The van der Waals surface area contributed by atoms with E-state index in [0.29, 0.717) is 0 Å². The SMILES string of the molecule is COc1ccccc1S(=O)(=O)Nc1cccc([N+](=O)[O-])c1. The van der Waals surface area contributed by atoms with E-state index in [1.165, 1.54) is 37.4 Å². The molecule has 0 radical (unpaired) electrons. The van der Waals surface area contributed by atoms with Crippen LogP contribution in [0, 0.1) is 10.1 Å². The van der Waals surface area contributed by atoms with Crippen molar-refractivity contribution in [2.75, 3.05) is 11.8 Å². The number of hydrogen-bond donors (Lipinski definition) is 1. The molecule has 0 aliphatic rings. The first-order chi connectivity index (χ1) is 9.94. The van der Waals surface area contributed by atoms with Crippen molar-refractivity contribution < 1.29 is 18.1 Å². The Morgan fingerprint density at radius 2 is 1.86 bits per heavy atom. The average molecular weight is 308 g/mol. The molecule has 2 aromatic rings. The van der Waals surface area contributed by atoms with Crippen LogP contribution in [0.3, 0.4) is 0 Å². The first-order valence-electron chi connectivity index (χ1n) is 5.84. The van der Waals surface area contributed by atoms with E-state index in [9.17, 15) is 18.5 Å². The second kappa shape index (κ2) is 5.80. The van der Waals surface area contributed by atoms with Gasteiger partial charge in [0.25, 0.3) is 15.7 Å². The third-order valence-electron chi connectivity index (χ3n) is 2.67. The number of nitro benzene ring substituents is 1. The molecule has 0 aliphatic carbocycles. The first kappa shape index (κ1) is 14.8. The van der Waals surface area contributed by atoms with Crippen molar-refractivity contribution >= 4 is 21.4 Å². The summed E-state index contributed by atoms with van der Waals surface area (Å²) in [7, 11) is -2.53. The molecule has 0 spiro atoms. The number of nitro groups is 1. The van der Waals surface area contributed by atoms with Crippen LogP contribution in [-0.2, 0) is 10.0 Å². The van der Waals surface area contributed by atoms with Gasteiger partial charge in [-0.05, 0) is 18.2 Å². The van der Waals surface area contributed by atoms with E-state index in [0.717, 1.165) is 6.07 Å². The molecule has 0 heterocycles.